The fraction of sp³-hybridized carbons (Fsp3) is 0.438. The van der Waals surface area contributed by atoms with Crippen LogP contribution in [0.5, 0.6) is 0 Å². The number of thioether (sulfide) groups is 1. The van der Waals surface area contributed by atoms with E-state index >= 15 is 0 Å². The van der Waals surface area contributed by atoms with E-state index < -0.39 is 5.82 Å². The molecule has 112 valence electrons. The Bertz CT molecular complexity index is 579. The zero-order valence-electron chi connectivity index (χ0n) is 11.9. The normalized spacial score (nSPS) is 18.0. The van der Waals surface area contributed by atoms with E-state index in [9.17, 15) is 9.18 Å². The highest BCUT2D eigenvalue weighted by atomic mass is 32.2. The number of aliphatic hydroxyl groups excluding tert-OH is 1. The number of benzene rings is 1. The second kappa shape index (κ2) is 7.48. The van der Waals surface area contributed by atoms with Crippen molar-refractivity contribution in [1.29, 1.82) is 0 Å². The maximum atomic E-state index is 14.1. The topological polar surface area (TPSA) is 40.5 Å². The number of halogens is 1. The maximum absolute atomic E-state index is 14.1. The van der Waals surface area contributed by atoms with Gasteiger partial charge in [0, 0.05) is 36.1 Å². The molecule has 1 aliphatic rings. The van der Waals surface area contributed by atoms with Crippen molar-refractivity contribution in [2.75, 3.05) is 25.4 Å². The van der Waals surface area contributed by atoms with Gasteiger partial charge in [0.1, 0.15) is 5.82 Å². The third-order valence-electron chi connectivity index (χ3n) is 3.20. The quantitative estimate of drug-likeness (QED) is 0.851. The van der Waals surface area contributed by atoms with E-state index in [1.54, 1.807) is 11.0 Å². The van der Waals surface area contributed by atoms with E-state index in [0.717, 1.165) is 5.75 Å². The average Bonchev–Trinajstić information content (AvgIpc) is 2.47. The molecule has 1 N–H and O–H groups in total. The molecule has 1 amide bonds. The summed E-state index contributed by atoms with van der Waals surface area (Å²) >= 11 is 1.83. The van der Waals surface area contributed by atoms with Gasteiger partial charge >= 0.3 is 0 Å². The van der Waals surface area contributed by atoms with E-state index in [1.807, 2.05) is 11.8 Å². The Morgan fingerprint density at radius 2 is 2.38 bits per heavy atom. The van der Waals surface area contributed by atoms with Crippen LogP contribution in [0.2, 0.25) is 0 Å². The lowest BCUT2D eigenvalue weighted by molar-refractivity contribution is 0.0758. The lowest BCUT2D eigenvalue weighted by Gasteiger charge is -2.30. The number of rotatable bonds is 2. The summed E-state index contributed by atoms with van der Waals surface area (Å²) in [7, 11) is 0. The first-order valence-corrected chi connectivity index (χ1v) is 7.97. The van der Waals surface area contributed by atoms with Crippen molar-refractivity contribution in [3.05, 3.63) is 35.1 Å². The van der Waals surface area contributed by atoms with E-state index in [2.05, 4.69) is 18.8 Å². The van der Waals surface area contributed by atoms with Crippen LogP contribution >= 0.6 is 11.8 Å². The predicted octanol–water partition coefficient (Wildman–Crippen LogP) is 2.14. The first-order valence-electron chi connectivity index (χ1n) is 6.92. The third-order valence-corrected chi connectivity index (χ3v) is 4.33. The molecule has 5 heteroatoms. The van der Waals surface area contributed by atoms with Crippen LogP contribution in [0.1, 0.15) is 29.3 Å². The van der Waals surface area contributed by atoms with E-state index in [4.69, 9.17) is 5.11 Å². The van der Waals surface area contributed by atoms with E-state index in [0.29, 0.717) is 30.3 Å². The van der Waals surface area contributed by atoms with Gasteiger partial charge in [0.25, 0.3) is 5.91 Å². The fourth-order valence-corrected chi connectivity index (χ4v) is 3.17. The number of nitrogens with zero attached hydrogens (tertiary/aromatic N) is 1. The zero-order valence-corrected chi connectivity index (χ0v) is 12.8. The van der Waals surface area contributed by atoms with Crippen molar-refractivity contribution in [1.82, 2.24) is 4.90 Å². The Morgan fingerprint density at radius 1 is 1.57 bits per heavy atom. The molecule has 1 aliphatic heterocycles. The van der Waals surface area contributed by atoms with Crippen molar-refractivity contribution < 1.29 is 14.3 Å². The fourth-order valence-electron chi connectivity index (χ4n) is 2.16. The molecule has 1 saturated heterocycles. The monoisotopic (exact) mass is 307 g/mol. The van der Waals surface area contributed by atoms with Gasteiger partial charge in [-0.05, 0) is 18.2 Å². The Hall–Kier alpha value is -1.51. The maximum Gasteiger partial charge on any atom is 0.256 e. The number of amides is 1. The molecule has 1 unspecified atom stereocenters. The number of carbonyl (C=O) groups is 1. The van der Waals surface area contributed by atoms with Crippen LogP contribution in [0, 0.1) is 17.7 Å². The highest BCUT2D eigenvalue weighted by Gasteiger charge is 2.24. The van der Waals surface area contributed by atoms with Gasteiger partial charge in [0.05, 0.1) is 12.2 Å². The van der Waals surface area contributed by atoms with E-state index in [-0.39, 0.29) is 18.1 Å². The Balaban J connectivity index is 2.13. The Labute approximate surface area is 128 Å². The predicted molar refractivity (Wildman–Crippen MR) is 82.8 cm³/mol. The number of carbonyl (C=O) groups excluding carboxylic acids is 1. The lowest BCUT2D eigenvalue weighted by atomic mass is 10.1. The van der Waals surface area contributed by atoms with Crippen LogP contribution in [0.25, 0.3) is 0 Å². The summed E-state index contributed by atoms with van der Waals surface area (Å²) in [5, 5.41) is 9.04. The van der Waals surface area contributed by atoms with Crippen molar-refractivity contribution in [3.8, 4) is 11.8 Å². The van der Waals surface area contributed by atoms with Crippen LogP contribution in [0.15, 0.2) is 18.2 Å². The molecule has 2 rings (SSSR count). The Kier molecular flexibility index (Phi) is 5.66. The van der Waals surface area contributed by atoms with Gasteiger partial charge in [-0.3, -0.25) is 4.79 Å². The van der Waals surface area contributed by atoms with Gasteiger partial charge in [-0.15, -0.1) is 0 Å². The molecule has 1 aromatic carbocycles. The molecular weight excluding hydrogens is 289 g/mol. The summed E-state index contributed by atoms with van der Waals surface area (Å²) in [5.74, 6) is 5.59. The molecule has 0 saturated carbocycles. The number of hydrogen-bond donors (Lipinski definition) is 1. The minimum absolute atomic E-state index is 0.0167. The van der Waals surface area contributed by atoms with Gasteiger partial charge in [0.15, 0.2) is 0 Å². The van der Waals surface area contributed by atoms with Gasteiger partial charge in [0.2, 0.25) is 0 Å². The smallest absolute Gasteiger partial charge is 0.256 e. The molecule has 21 heavy (non-hydrogen) atoms. The second-order valence-electron chi connectivity index (χ2n) is 4.90. The lowest BCUT2D eigenvalue weighted by Crippen LogP contribution is -2.41. The second-order valence-corrected chi connectivity index (χ2v) is 6.45. The van der Waals surface area contributed by atoms with Crippen LogP contribution in [0.3, 0.4) is 0 Å². The molecule has 1 fully saturated rings. The first-order chi connectivity index (χ1) is 10.1. The van der Waals surface area contributed by atoms with E-state index in [1.165, 1.54) is 12.1 Å². The van der Waals surface area contributed by atoms with Gasteiger partial charge in [-0.2, -0.15) is 11.8 Å². The van der Waals surface area contributed by atoms with Crippen LogP contribution in [-0.4, -0.2) is 46.6 Å². The van der Waals surface area contributed by atoms with Gasteiger partial charge in [-0.25, -0.2) is 4.39 Å². The molecule has 0 spiro atoms. The summed E-state index contributed by atoms with van der Waals surface area (Å²) in [5.41, 5.74) is 0.613. The highest BCUT2D eigenvalue weighted by molar-refractivity contribution is 7.99. The summed E-state index contributed by atoms with van der Waals surface area (Å²) in [4.78, 5) is 14.1. The summed E-state index contributed by atoms with van der Waals surface area (Å²) < 4.78 is 14.1. The molecular formula is C16H18FNO2S. The molecule has 1 atom stereocenters. The molecule has 3 nitrogen and oxygen atoms in total. The zero-order chi connectivity index (χ0) is 15.2. The largest absolute Gasteiger partial charge is 0.395 e. The molecule has 0 aromatic heterocycles. The molecule has 0 aliphatic carbocycles. The number of hydrogen-bond acceptors (Lipinski definition) is 3. The minimum Gasteiger partial charge on any atom is -0.395 e. The van der Waals surface area contributed by atoms with Crippen LogP contribution in [-0.2, 0) is 0 Å². The van der Waals surface area contributed by atoms with Crippen LogP contribution < -0.4 is 0 Å². The average molecular weight is 307 g/mol. The first kappa shape index (κ1) is 15.9. The summed E-state index contributed by atoms with van der Waals surface area (Å²) in [6, 6.07) is 4.41. The standard InChI is InChI=1S/C16H18FNO2S/c1-12-11-18(7-9-21-12)16(20)14-6-5-13(10-15(14)17)4-2-3-8-19/h5-6,10,12,19H,3,7-9,11H2,1H3. The SMILES string of the molecule is CC1CN(C(=O)c2ccc(C#CCCO)cc2F)CCS1. The summed E-state index contributed by atoms with van der Waals surface area (Å²) in [6.45, 7) is 3.36. The van der Waals surface area contributed by atoms with Crippen molar-refractivity contribution in [2.45, 2.75) is 18.6 Å². The number of aliphatic hydroxyl groups is 1. The molecule has 1 aromatic rings. The Morgan fingerprint density at radius 3 is 3.05 bits per heavy atom. The van der Waals surface area contributed by atoms with Gasteiger partial charge < -0.3 is 10.0 Å². The molecule has 1 heterocycles. The third kappa shape index (κ3) is 4.23. The summed E-state index contributed by atoms with van der Waals surface area (Å²) in [6.07, 6.45) is 0.353. The van der Waals surface area contributed by atoms with Crippen molar-refractivity contribution in [2.24, 2.45) is 0 Å². The molecule has 0 bridgehead atoms. The highest BCUT2D eigenvalue weighted by Crippen LogP contribution is 2.20. The minimum atomic E-state index is -0.540. The molecule has 0 radical (unpaired) electrons. The van der Waals surface area contributed by atoms with Crippen LogP contribution in [0.4, 0.5) is 4.39 Å². The van der Waals surface area contributed by atoms with Gasteiger partial charge in [-0.1, -0.05) is 18.8 Å². The van der Waals surface area contributed by atoms with Crippen molar-refractivity contribution in [3.63, 3.8) is 0 Å². The van der Waals surface area contributed by atoms with Crippen molar-refractivity contribution >= 4 is 17.7 Å².